The van der Waals surface area contributed by atoms with Crippen molar-refractivity contribution in [2.75, 3.05) is 28.6 Å². The smallest absolute Gasteiger partial charge is 0.404 e. The predicted octanol–water partition coefficient (Wildman–Crippen LogP) is 3.08. The van der Waals surface area contributed by atoms with Gasteiger partial charge in [-0.1, -0.05) is 11.6 Å². The van der Waals surface area contributed by atoms with Gasteiger partial charge in [-0.05, 0) is 37.8 Å². The maximum atomic E-state index is 10.9. The van der Waals surface area contributed by atoms with Gasteiger partial charge in [0.05, 0.1) is 34.2 Å². The predicted molar refractivity (Wildman–Crippen MR) is 128 cm³/mol. The quantitative estimate of drug-likeness (QED) is 0.401. The summed E-state index contributed by atoms with van der Waals surface area (Å²) in [6, 6.07) is 7.74. The van der Waals surface area contributed by atoms with Crippen LogP contribution < -0.4 is 20.9 Å². The van der Waals surface area contributed by atoms with Crippen LogP contribution in [0.2, 0.25) is 5.02 Å². The minimum Gasteiger partial charge on any atom is -0.465 e. The lowest BCUT2D eigenvalue weighted by molar-refractivity contribution is 0.187. The third kappa shape index (κ3) is 4.69. The Balaban J connectivity index is 1.46. The van der Waals surface area contributed by atoms with E-state index in [-0.39, 0.29) is 17.7 Å². The van der Waals surface area contributed by atoms with Gasteiger partial charge in [0.15, 0.2) is 17.2 Å². The van der Waals surface area contributed by atoms with Crippen molar-refractivity contribution in [3.05, 3.63) is 34.6 Å². The lowest BCUT2D eigenvalue weighted by atomic mass is 10.0. The summed E-state index contributed by atoms with van der Waals surface area (Å²) in [4.78, 5) is 21.8. The van der Waals surface area contributed by atoms with Gasteiger partial charge in [0.1, 0.15) is 6.07 Å². The number of fused-ring (bicyclic) bond motifs is 1. The molecule has 3 aromatic rings. The average Bonchev–Trinajstić information content (AvgIpc) is 3.56. The van der Waals surface area contributed by atoms with E-state index in [0.29, 0.717) is 65.4 Å². The first-order valence-electron chi connectivity index (χ1n) is 11.1. The third-order valence-corrected chi connectivity index (χ3v) is 6.38. The molecule has 5 rings (SSSR count). The van der Waals surface area contributed by atoms with E-state index >= 15 is 0 Å². The maximum Gasteiger partial charge on any atom is 0.404 e. The topological polar surface area (TPSA) is 167 Å². The van der Waals surface area contributed by atoms with E-state index in [4.69, 9.17) is 16.7 Å². The Bertz CT molecular complexity index is 1380. The Morgan fingerprint density at radius 1 is 1.14 bits per heavy atom. The first-order chi connectivity index (χ1) is 16.9. The molecule has 0 radical (unpaired) electrons. The number of carboxylic acid groups (broad SMARTS) is 1. The number of halogens is 1. The third-order valence-electron chi connectivity index (χ3n) is 5.99. The summed E-state index contributed by atoms with van der Waals surface area (Å²) >= 11 is 6.77. The Morgan fingerprint density at radius 2 is 1.91 bits per heavy atom. The number of aromatic nitrogens is 4. The molecule has 2 aliphatic rings. The second-order valence-corrected chi connectivity index (χ2v) is 8.88. The molecule has 0 atom stereocenters. The fraction of sp³-hybridized carbons (Fsp3) is 0.364. The molecule has 178 valence electrons. The minimum atomic E-state index is -1.04. The van der Waals surface area contributed by atoms with Gasteiger partial charge >= 0.3 is 6.09 Å². The normalized spacial score (nSPS) is 15.9. The summed E-state index contributed by atoms with van der Waals surface area (Å²) in [5.74, 6) is 0.703. The van der Waals surface area contributed by atoms with Crippen molar-refractivity contribution in [3.8, 4) is 12.1 Å². The molecule has 0 unspecified atom stereocenters. The number of rotatable bonds is 6. The Morgan fingerprint density at radius 3 is 2.57 bits per heavy atom. The van der Waals surface area contributed by atoms with Crippen molar-refractivity contribution in [3.63, 3.8) is 0 Å². The average molecular weight is 493 g/mol. The molecule has 35 heavy (non-hydrogen) atoms. The van der Waals surface area contributed by atoms with Crippen molar-refractivity contribution >= 4 is 46.5 Å². The van der Waals surface area contributed by atoms with E-state index in [2.05, 4.69) is 43.2 Å². The second-order valence-electron chi connectivity index (χ2n) is 8.50. The van der Waals surface area contributed by atoms with Gasteiger partial charge in [-0.15, -0.1) is 5.10 Å². The highest BCUT2D eigenvalue weighted by molar-refractivity contribution is 6.36. The van der Waals surface area contributed by atoms with Gasteiger partial charge in [-0.2, -0.15) is 20.0 Å². The lowest BCUT2D eigenvalue weighted by Crippen LogP contribution is -2.44. The van der Waals surface area contributed by atoms with E-state index in [1.807, 2.05) is 4.90 Å². The standard InChI is InChI=1S/C22H21ClN10O2/c23-18-16(7-12(9-24)8-17(18)32-5-3-14(4-6-32)28-22(34)35)29-21-30-19(27-13-1-2-13)20-26-11-15(10-25)33(20)31-21/h7-8,11,13-14,28H,1-6H2,(H,34,35)(H2,27,29,30,31). The fourth-order valence-corrected chi connectivity index (χ4v) is 4.36. The van der Waals surface area contributed by atoms with E-state index in [0.717, 1.165) is 12.8 Å². The molecule has 2 aromatic heterocycles. The van der Waals surface area contributed by atoms with Gasteiger partial charge < -0.3 is 26.0 Å². The number of hydrogen-bond donors (Lipinski definition) is 4. The molecule has 1 amide bonds. The number of carbonyl (C=O) groups is 1. The number of nitrogens with zero attached hydrogens (tertiary/aromatic N) is 7. The van der Waals surface area contributed by atoms with Crippen LogP contribution in [0.15, 0.2) is 18.3 Å². The van der Waals surface area contributed by atoms with Crippen LogP contribution in [0.5, 0.6) is 0 Å². The number of piperidine rings is 1. The monoisotopic (exact) mass is 492 g/mol. The first kappa shape index (κ1) is 22.5. The summed E-state index contributed by atoms with van der Waals surface area (Å²) in [6.07, 6.45) is 3.71. The molecule has 1 aromatic carbocycles. The van der Waals surface area contributed by atoms with E-state index in [1.165, 1.54) is 10.7 Å². The molecule has 0 spiro atoms. The molecule has 1 saturated heterocycles. The van der Waals surface area contributed by atoms with Gasteiger partial charge in [0.25, 0.3) is 0 Å². The zero-order valence-corrected chi connectivity index (χ0v) is 19.2. The molecular formula is C22H21ClN10O2. The van der Waals surface area contributed by atoms with Gasteiger partial charge in [0.2, 0.25) is 5.95 Å². The van der Waals surface area contributed by atoms with Crippen LogP contribution in [0.1, 0.15) is 36.9 Å². The molecule has 12 nitrogen and oxygen atoms in total. The number of hydrogen-bond acceptors (Lipinski definition) is 9. The zero-order valence-electron chi connectivity index (χ0n) is 18.5. The summed E-state index contributed by atoms with van der Waals surface area (Å²) < 4.78 is 1.42. The van der Waals surface area contributed by atoms with Gasteiger partial charge in [-0.25, -0.2) is 9.78 Å². The number of anilines is 4. The van der Waals surface area contributed by atoms with E-state index < -0.39 is 6.09 Å². The number of nitrogens with one attached hydrogen (secondary N) is 3. The summed E-state index contributed by atoms with van der Waals surface area (Å²) in [7, 11) is 0. The van der Waals surface area contributed by atoms with Crippen LogP contribution in [0.3, 0.4) is 0 Å². The summed E-state index contributed by atoms with van der Waals surface area (Å²) in [6.45, 7) is 1.16. The SMILES string of the molecule is N#Cc1cc(Nc2nc(NC3CC3)c3ncc(C#N)n3n2)c(Cl)c(N2CCC(NC(=O)O)CC2)c1. The van der Waals surface area contributed by atoms with Crippen LogP contribution in [0, 0.1) is 22.7 Å². The van der Waals surface area contributed by atoms with Crippen molar-refractivity contribution in [1.82, 2.24) is 24.9 Å². The molecule has 0 bridgehead atoms. The molecule has 1 aliphatic heterocycles. The number of benzene rings is 1. The lowest BCUT2D eigenvalue weighted by Gasteiger charge is -2.34. The van der Waals surface area contributed by atoms with Crippen LogP contribution >= 0.6 is 11.6 Å². The molecule has 2 fully saturated rings. The van der Waals surface area contributed by atoms with E-state index in [1.54, 1.807) is 12.1 Å². The van der Waals surface area contributed by atoms with Crippen LogP contribution in [-0.4, -0.2) is 56.0 Å². The number of nitriles is 2. The van der Waals surface area contributed by atoms with Crippen molar-refractivity contribution in [1.29, 1.82) is 10.5 Å². The first-order valence-corrected chi connectivity index (χ1v) is 11.5. The molecule has 3 heterocycles. The number of amides is 1. The van der Waals surface area contributed by atoms with Crippen LogP contribution in [0.4, 0.5) is 27.9 Å². The molecule has 13 heteroatoms. The van der Waals surface area contributed by atoms with E-state index in [9.17, 15) is 15.3 Å². The maximum absolute atomic E-state index is 10.9. The number of imidazole rings is 1. The van der Waals surface area contributed by atoms with Crippen molar-refractivity contribution in [2.45, 2.75) is 37.8 Å². The molecule has 4 N–H and O–H groups in total. The van der Waals surface area contributed by atoms with Crippen LogP contribution in [0.25, 0.3) is 5.65 Å². The zero-order chi connectivity index (χ0) is 24.5. The molecule has 1 aliphatic carbocycles. The van der Waals surface area contributed by atoms with Gasteiger partial charge in [-0.3, -0.25) is 0 Å². The van der Waals surface area contributed by atoms with Crippen molar-refractivity contribution in [2.24, 2.45) is 0 Å². The largest absolute Gasteiger partial charge is 0.465 e. The highest BCUT2D eigenvalue weighted by Gasteiger charge is 2.26. The highest BCUT2D eigenvalue weighted by atomic mass is 35.5. The summed E-state index contributed by atoms with van der Waals surface area (Å²) in [5.41, 5.74) is 2.23. The minimum absolute atomic E-state index is 0.124. The summed E-state index contributed by atoms with van der Waals surface area (Å²) in [5, 5.41) is 41.8. The fourth-order valence-electron chi connectivity index (χ4n) is 4.08. The second kappa shape index (κ2) is 9.16. The Kier molecular flexibility index (Phi) is 5.89. The van der Waals surface area contributed by atoms with Crippen molar-refractivity contribution < 1.29 is 9.90 Å². The van der Waals surface area contributed by atoms with Crippen LogP contribution in [-0.2, 0) is 0 Å². The molecular weight excluding hydrogens is 472 g/mol. The Labute approximate surface area is 205 Å². The Hall–Kier alpha value is -4.29. The van der Waals surface area contributed by atoms with Gasteiger partial charge in [0, 0.05) is 25.2 Å². The molecule has 1 saturated carbocycles. The highest BCUT2D eigenvalue weighted by Crippen LogP contribution is 2.37.